The number of carbonyl (C=O) groups is 3. The van der Waals surface area contributed by atoms with Crippen LogP contribution in [0.1, 0.15) is 264 Å². The van der Waals surface area contributed by atoms with Crippen molar-refractivity contribution in [2.24, 2.45) is 0 Å². The third-order valence-electron chi connectivity index (χ3n) is 12.6. The number of aliphatic carboxylic acids is 1. The van der Waals surface area contributed by atoms with E-state index in [1.807, 2.05) is 21.1 Å². The fraction of sp³-hybridized carbons (Fsp3) is 0.847. The molecule has 2 atom stereocenters. The number of unbranched alkanes of at least 4 members (excludes halogenated alkanes) is 32. The van der Waals surface area contributed by atoms with Crippen molar-refractivity contribution >= 4 is 17.9 Å². The third-order valence-corrected chi connectivity index (χ3v) is 12.6. The van der Waals surface area contributed by atoms with E-state index in [0.717, 1.165) is 51.4 Å². The van der Waals surface area contributed by atoms with Crippen LogP contribution in [0.25, 0.3) is 0 Å². The van der Waals surface area contributed by atoms with Gasteiger partial charge in [-0.25, -0.2) is 0 Å². The molecule has 0 aromatic rings. The van der Waals surface area contributed by atoms with E-state index in [9.17, 15) is 19.5 Å². The predicted molar refractivity (Wildman–Crippen MR) is 283 cm³/mol. The Bertz CT molecular complexity index is 1210. The van der Waals surface area contributed by atoms with Crippen molar-refractivity contribution < 1.29 is 42.9 Å². The molecule has 2 unspecified atom stereocenters. The van der Waals surface area contributed by atoms with E-state index in [-0.39, 0.29) is 32.2 Å². The molecular formula is C59H109NO8. The molecule has 0 fully saturated rings. The molecule has 0 aromatic heterocycles. The first-order chi connectivity index (χ1) is 33.1. The molecule has 0 aliphatic rings. The number of carboxylic acids is 1. The molecule has 9 nitrogen and oxygen atoms in total. The summed E-state index contributed by atoms with van der Waals surface area (Å²) in [5.74, 6) is -2.27. The summed E-state index contributed by atoms with van der Waals surface area (Å²) in [7, 11) is 5.92. The number of hydrogen-bond acceptors (Lipinski definition) is 8. The minimum atomic E-state index is -1.62. The van der Waals surface area contributed by atoms with Gasteiger partial charge in [0.1, 0.15) is 13.2 Å². The SMILES string of the molecule is CCCCCCC/C=C\C/C=C\C/C=C\CCCCCCCCCCCCCCC(=O)OC(COC(=O)CCCCCCCCCCCCCCCCCC)COC(OCC[N+](C)(C)C)C(=O)[O-]. The first-order valence-electron chi connectivity index (χ1n) is 28.6. The predicted octanol–water partition coefficient (Wildman–Crippen LogP) is 15.2. The molecule has 0 rings (SSSR count). The number of quaternary nitrogens is 1. The number of esters is 2. The fourth-order valence-electron chi connectivity index (χ4n) is 8.19. The molecule has 0 radical (unpaired) electrons. The molecular weight excluding hydrogens is 851 g/mol. The Morgan fingerprint density at radius 1 is 0.441 bits per heavy atom. The van der Waals surface area contributed by atoms with Crippen molar-refractivity contribution in [3.05, 3.63) is 36.5 Å². The lowest BCUT2D eigenvalue weighted by Crippen LogP contribution is -2.44. The maximum absolute atomic E-state index is 12.9. The summed E-state index contributed by atoms with van der Waals surface area (Å²) < 4.78 is 22.7. The number of rotatable bonds is 53. The smallest absolute Gasteiger partial charge is 0.306 e. The second-order valence-corrected chi connectivity index (χ2v) is 20.6. The van der Waals surface area contributed by atoms with Crippen LogP contribution in [0.3, 0.4) is 0 Å². The molecule has 68 heavy (non-hydrogen) atoms. The van der Waals surface area contributed by atoms with Crippen LogP contribution in [0.4, 0.5) is 0 Å². The van der Waals surface area contributed by atoms with Gasteiger partial charge in [-0.05, 0) is 51.4 Å². The van der Waals surface area contributed by atoms with E-state index >= 15 is 0 Å². The van der Waals surface area contributed by atoms with E-state index in [1.54, 1.807) is 0 Å². The molecule has 0 amide bonds. The van der Waals surface area contributed by atoms with Crippen LogP contribution in [0.15, 0.2) is 36.5 Å². The zero-order valence-corrected chi connectivity index (χ0v) is 45.2. The van der Waals surface area contributed by atoms with Crippen molar-refractivity contribution in [2.75, 3.05) is 47.5 Å². The number of likely N-dealkylation sites (N-methyl/N-ethyl adjacent to an activating group) is 1. The van der Waals surface area contributed by atoms with Crippen molar-refractivity contribution in [3.8, 4) is 0 Å². The highest BCUT2D eigenvalue weighted by Crippen LogP contribution is 2.16. The van der Waals surface area contributed by atoms with E-state index in [4.69, 9.17) is 18.9 Å². The summed E-state index contributed by atoms with van der Waals surface area (Å²) >= 11 is 0. The van der Waals surface area contributed by atoms with Crippen molar-refractivity contribution in [2.45, 2.75) is 277 Å². The Morgan fingerprint density at radius 2 is 0.794 bits per heavy atom. The van der Waals surface area contributed by atoms with Crippen LogP contribution in [0.5, 0.6) is 0 Å². The molecule has 0 heterocycles. The Hall–Kier alpha value is -2.49. The van der Waals surface area contributed by atoms with Crippen molar-refractivity contribution in [3.63, 3.8) is 0 Å². The molecule has 398 valence electrons. The van der Waals surface area contributed by atoms with Crippen molar-refractivity contribution in [1.82, 2.24) is 0 Å². The zero-order chi connectivity index (χ0) is 49.9. The van der Waals surface area contributed by atoms with E-state index in [1.165, 1.54) is 180 Å². The number of carbonyl (C=O) groups excluding carboxylic acids is 3. The summed E-state index contributed by atoms with van der Waals surface area (Å²) in [6.45, 7) is 4.77. The molecule has 9 heteroatoms. The molecule has 0 aliphatic heterocycles. The average molecular weight is 961 g/mol. The minimum Gasteiger partial charge on any atom is -0.545 e. The van der Waals surface area contributed by atoms with Gasteiger partial charge in [-0.1, -0.05) is 237 Å². The lowest BCUT2D eigenvalue weighted by molar-refractivity contribution is -0.870. The average Bonchev–Trinajstić information content (AvgIpc) is 3.30. The maximum Gasteiger partial charge on any atom is 0.306 e. The van der Waals surface area contributed by atoms with Gasteiger partial charge in [-0.2, -0.15) is 0 Å². The van der Waals surface area contributed by atoms with Crippen LogP contribution < -0.4 is 5.11 Å². The summed E-state index contributed by atoms with van der Waals surface area (Å²) in [4.78, 5) is 37.2. The maximum atomic E-state index is 12.9. The monoisotopic (exact) mass is 960 g/mol. The Morgan fingerprint density at radius 3 is 1.18 bits per heavy atom. The quantitative estimate of drug-likeness (QED) is 0.0195. The van der Waals surface area contributed by atoms with E-state index < -0.39 is 24.3 Å². The number of carboxylic acid groups (broad SMARTS) is 1. The number of allylic oxidation sites excluding steroid dienone is 6. The van der Waals surface area contributed by atoms with Gasteiger partial charge in [0.2, 0.25) is 0 Å². The molecule has 0 N–H and O–H groups in total. The standard InChI is InChI=1S/C59H109NO8/c1-6-8-10-12-14-16-18-20-22-24-25-26-27-28-29-30-31-32-33-34-36-38-40-42-44-46-48-50-57(62)68-55(54-67-59(58(63)64)65-52-51-60(3,4)5)53-66-56(61)49-47-45-43-41-39-37-35-23-21-19-17-15-13-11-9-7-2/h18,20,24-25,27-28,55,59H,6-17,19,21-23,26,29-54H2,1-5H3/b20-18-,25-24-,28-27-. The van der Waals surface area contributed by atoms with Gasteiger partial charge < -0.3 is 33.3 Å². The van der Waals surface area contributed by atoms with Gasteiger partial charge in [-0.3, -0.25) is 9.59 Å². The van der Waals surface area contributed by atoms with E-state index in [0.29, 0.717) is 23.9 Å². The molecule has 0 bridgehead atoms. The van der Waals surface area contributed by atoms with Crippen LogP contribution in [-0.4, -0.2) is 82.3 Å². The summed E-state index contributed by atoms with van der Waals surface area (Å²) in [6, 6.07) is 0. The van der Waals surface area contributed by atoms with Crippen LogP contribution >= 0.6 is 0 Å². The summed E-state index contributed by atoms with van der Waals surface area (Å²) in [5.41, 5.74) is 0. The Kier molecular flexibility index (Phi) is 49.0. The van der Waals surface area contributed by atoms with Crippen LogP contribution in [0.2, 0.25) is 0 Å². The second kappa shape index (κ2) is 50.9. The Labute approximate surface area is 420 Å². The largest absolute Gasteiger partial charge is 0.545 e. The highest BCUT2D eigenvalue weighted by Gasteiger charge is 2.22. The van der Waals surface area contributed by atoms with Crippen LogP contribution in [0, 0.1) is 0 Å². The lowest BCUT2D eigenvalue weighted by Gasteiger charge is -2.26. The van der Waals surface area contributed by atoms with E-state index in [2.05, 4.69) is 50.3 Å². The minimum absolute atomic E-state index is 0.149. The van der Waals surface area contributed by atoms with Gasteiger partial charge in [0, 0.05) is 12.8 Å². The van der Waals surface area contributed by atoms with Gasteiger partial charge in [0.25, 0.3) is 0 Å². The molecule has 0 aliphatic carbocycles. The third kappa shape index (κ3) is 51.4. The normalized spacial score (nSPS) is 13.0. The first kappa shape index (κ1) is 65.5. The first-order valence-corrected chi connectivity index (χ1v) is 28.6. The topological polar surface area (TPSA) is 111 Å². The molecule has 0 aromatic carbocycles. The summed E-state index contributed by atoms with van der Waals surface area (Å²) in [5, 5.41) is 11.8. The Balaban J connectivity index is 4.21. The number of ether oxygens (including phenoxy) is 4. The van der Waals surface area contributed by atoms with Crippen molar-refractivity contribution in [1.29, 1.82) is 0 Å². The number of nitrogens with zero attached hydrogens (tertiary/aromatic N) is 1. The van der Waals surface area contributed by atoms with Gasteiger partial charge in [0.15, 0.2) is 12.4 Å². The lowest BCUT2D eigenvalue weighted by atomic mass is 10.0. The highest BCUT2D eigenvalue weighted by molar-refractivity contribution is 5.70. The van der Waals surface area contributed by atoms with Crippen LogP contribution in [-0.2, 0) is 33.3 Å². The highest BCUT2D eigenvalue weighted by atomic mass is 16.7. The second-order valence-electron chi connectivity index (χ2n) is 20.6. The van der Waals surface area contributed by atoms with Gasteiger partial charge >= 0.3 is 11.9 Å². The molecule has 0 spiro atoms. The zero-order valence-electron chi connectivity index (χ0n) is 45.2. The fourth-order valence-corrected chi connectivity index (χ4v) is 8.19. The molecule has 0 saturated carbocycles. The summed E-state index contributed by atoms with van der Waals surface area (Å²) in [6.07, 6.45) is 57.6. The molecule has 0 saturated heterocycles. The number of hydrogen-bond donors (Lipinski definition) is 0. The van der Waals surface area contributed by atoms with Gasteiger partial charge in [-0.15, -0.1) is 0 Å². The van der Waals surface area contributed by atoms with Gasteiger partial charge in [0.05, 0.1) is 40.3 Å².